The first kappa shape index (κ1) is 12.6. The maximum absolute atomic E-state index is 11.5. The third-order valence-electron chi connectivity index (χ3n) is 2.50. The first-order valence-corrected chi connectivity index (χ1v) is 5.12. The van der Waals surface area contributed by atoms with Crippen LogP contribution in [-0.4, -0.2) is 33.2 Å². The number of rotatable bonds is 4. The van der Waals surface area contributed by atoms with Gasteiger partial charge >= 0.3 is 5.97 Å². The average molecular weight is 227 g/mol. The molecule has 0 saturated carbocycles. The van der Waals surface area contributed by atoms with E-state index in [0.717, 1.165) is 0 Å². The summed E-state index contributed by atoms with van der Waals surface area (Å²) >= 11 is 0. The molecule has 0 radical (unpaired) electrons. The summed E-state index contributed by atoms with van der Waals surface area (Å²) in [5.74, 6) is -0.407. The molecule has 0 spiro atoms. The lowest BCUT2D eigenvalue weighted by Crippen LogP contribution is -2.37. The van der Waals surface area contributed by atoms with Crippen molar-refractivity contribution in [1.82, 2.24) is 15.0 Å². The van der Waals surface area contributed by atoms with Gasteiger partial charge in [0.05, 0.1) is 19.4 Å². The molecule has 0 aromatic carbocycles. The fraction of sp³-hybridized carbons (Fsp3) is 0.700. The quantitative estimate of drug-likeness (QED) is 0.763. The first-order chi connectivity index (χ1) is 7.43. The highest BCUT2D eigenvalue weighted by Gasteiger charge is 2.32. The lowest BCUT2D eigenvalue weighted by molar-refractivity contribution is -0.150. The van der Waals surface area contributed by atoms with E-state index >= 15 is 0 Å². The molecule has 0 amide bonds. The van der Waals surface area contributed by atoms with Crippen LogP contribution in [-0.2, 0) is 15.1 Å². The zero-order valence-electron chi connectivity index (χ0n) is 9.97. The second-order valence-electron chi connectivity index (χ2n) is 4.06. The van der Waals surface area contributed by atoms with Gasteiger partial charge in [-0.1, -0.05) is 12.1 Å². The van der Waals surface area contributed by atoms with Crippen LogP contribution in [0.15, 0.2) is 6.20 Å². The maximum atomic E-state index is 11.5. The minimum atomic E-state index is -0.923. The summed E-state index contributed by atoms with van der Waals surface area (Å²) in [6.07, 6.45) is 1.46. The van der Waals surface area contributed by atoms with Gasteiger partial charge in [-0.05, 0) is 20.3 Å². The molecule has 1 aromatic heterocycles. The highest BCUT2D eigenvalue weighted by molar-refractivity contribution is 5.77. The Morgan fingerprint density at radius 3 is 2.81 bits per heavy atom. The normalized spacial score (nSPS) is 13.6. The molecule has 1 aromatic rings. The number of hydrogen-bond acceptors (Lipinski definition) is 5. The number of hydrogen-bond donors (Lipinski definition) is 1. The van der Waals surface area contributed by atoms with Crippen LogP contribution in [0.25, 0.3) is 0 Å². The third kappa shape index (κ3) is 2.21. The number of aromatic nitrogens is 3. The Morgan fingerprint density at radius 1 is 1.69 bits per heavy atom. The monoisotopic (exact) mass is 227 g/mol. The second-order valence-corrected chi connectivity index (χ2v) is 4.06. The number of methoxy groups -OCH3 is 1. The van der Waals surface area contributed by atoms with Gasteiger partial charge in [-0.3, -0.25) is 0 Å². The van der Waals surface area contributed by atoms with Gasteiger partial charge < -0.3 is 9.84 Å². The predicted molar refractivity (Wildman–Crippen MR) is 56.6 cm³/mol. The van der Waals surface area contributed by atoms with Gasteiger partial charge in [-0.2, -0.15) is 0 Å². The largest absolute Gasteiger partial charge is 0.467 e. The average Bonchev–Trinajstić information content (AvgIpc) is 2.76. The van der Waals surface area contributed by atoms with Crippen molar-refractivity contribution in [1.29, 1.82) is 0 Å². The molecule has 1 rings (SSSR count). The Morgan fingerprint density at radius 2 is 2.31 bits per heavy atom. The van der Waals surface area contributed by atoms with Crippen LogP contribution in [0.2, 0.25) is 0 Å². The molecular weight excluding hydrogens is 210 g/mol. The zero-order valence-corrected chi connectivity index (χ0v) is 9.97. The summed E-state index contributed by atoms with van der Waals surface area (Å²) in [5.41, 5.74) is -0.465. The minimum Gasteiger partial charge on any atom is -0.467 e. The van der Waals surface area contributed by atoms with Crippen molar-refractivity contribution in [3.8, 4) is 0 Å². The van der Waals surface area contributed by atoms with Gasteiger partial charge in [0.25, 0.3) is 0 Å². The van der Waals surface area contributed by atoms with Crippen LogP contribution in [0.3, 0.4) is 0 Å². The number of aliphatic hydroxyl groups is 1. The van der Waals surface area contributed by atoms with Crippen molar-refractivity contribution < 1.29 is 14.6 Å². The van der Waals surface area contributed by atoms with Gasteiger partial charge in [0.1, 0.15) is 5.69 Å². The molecule has 1 unspecified atom stereocenters. The van der Waals surface area contributed by atoms with Gasteiger partial charge in [-0.15, -0.1) is 5.10 Å². The lowest BCUT2D eigenvalue weighted by atomic mass is 10.1. The molecule has 0 aliphatic heterocycles. The van der Waals surface area contributed by atoms with Crippen molar-refractivity contribution in [2.75, 3.05) is 7.11 Å². The molecule has 1 atom stereocenters. The molecule has 90 valence electrons. The second kappa shape index (κ2) is 4.61. The number of nitrogens with zero attached hydrogens (tertiary/aromatic N) is 3. The molecule has 6 heteroatoms. The molecule has 0 aliphatic rings. The summed E-state index contributed by atoms with van der Waals surface area (Å²) in [5, 5.41) is 17.2. The Kier molecular flexibility index (Phi) is 3.64. The molecular formula is C10H17N3O3. The van der Waals surface area contributed by atoms with Crippen molar-refractivity contribution >= 4 is 5.97 Å². The molecule has 0 aliphatic carbocycles. The first-order valence-electron chi connectivity index (χ1n) is 5.12. The smallest absolute Gasteiger partial charge is 0.333 e. The molecule has 0 saturated heterocycles. The topological polar surface area (TPSA) is 77.2 Å². The summed E-state index contributed by atoms with van der Waals surface area (Å²) < 4.78 is 6.07. The number of esters is 1. The van der Waals surface area contributed by atoms with E-state index in [2.05, 4.69) is 15.0 Å². The van der Waals surface area contributed by atoms with Crippen LogP contribution in [0, 0.1) is 0 Å². The molecule has 1 N–H and O–H groups in total. The fourth-order valence-electron chi connectivity index (χ4n) is 1.26. The third-order valence-corrected chi connectivity index (χ3v) is 2.50. The Hall–Kier alpha value is -1.43. The van der Waals surface area contributed by atoms with Gasteiger partial charge in [0, 0.05) is 0 Å². The van der Waals surface area contributed by atoms with E-state index in [4.69, 9.17) is 0 Å². The predicted octanol–water partition coefficient (Wildman–Crippen LogP) is 0.630. The number of aliphatic hydroxyl groups excluding tert-OH is 1. The van der Waals surface area contributed by atoms with E-state index in [9.17, 15) is 9.90 Å². The van der Waals surface area contributed by atoms with Gasteiger partial charge in [0.2, 0.25) is 0 Å². The standard InChI is InChI=1S/C10H17N3O3/c1-5-8(14)7-6-13(12-11-7)10(2,3)9(15)16-4/h6,8,14H,5H2,1-4H3. The summed E-state index contributed by atoms with van der Waals surface area (Å²) in [7, 11) is 1.32. The Balaban J connectivity index is 2.97. The van der Waals surface area contributed by atoms with Gasteiger partial charge in [0.15, 0.2) is 5.54 Å². The van der Waals surface area contributed by atoms with E-state index in [1.54, 1.807) is 20.0 Å². The molecule has 0 bridgehead atoms. The Bertz CT molecular complexity index is 373. The maximum Gasteiger partial charge on any atom is 0.333 e. The van der Waals surface area contributed by atoms with E-state index in [1.807, 2.05) is 6.92 Å². The highest BCUT2D eigenvalue weighted by atomic mass is 16.5. The van der Waals surface area contributed by atoms with E-state index < -0.39 is 17.6 Å². The SMILES string of the molecule is CCC(O)c1cn(C(C)(C)C(=O)OC)nn1. The van der Waals surface area contributed by atoms with Crippen LogP contribution in [0.5, 0.6) is 0 Å². The van der Waals surface area contributed by atoms with E-state index in [-0.39, 0.29) is 0 Å². The summed E-state index contributed by atoms with van der Waals surface area (Å²) in [6.45, 7) is 5.19. The van der Waals surface area contributed by atoms with Gasteiger partial charge in [-0.25, -0.2) is 9.48 Å². The summed E-state index contributed by atoms with van der Waals surface area (Å²) in [6, 6.07) is 0. The van der Waals surface area contributed by atoms with Crippen molar-refractivity contribution in [3.63, 3.8) is 0 Å². The Labute approximate surface area is 94.2 Å². The van der Waals surface area contributed by atoms with Crippen LogP contribution in [0.1, 0.15) is 39.0 Å². The van der Waals surface area contributed by atoms with Crippen molar-refractivity contribution in [2.24, 2.45) is 0 Å². The number of carbonyl (C=O) groups is 1. The number of carbonyl (C=O) groups excluding carboxylic acids is 1. The number of ether oxygens (including phenoxy) is 1. The van der Waals surface area contributed by atoms with Crippen molar-refractivity contribution in [2.45, 2.75) is 38.8 Å². The zero-order chi connectivity index (χ0) is 12.3. The van der Waals surface area contributed by atoms with Crippen LogP contribution < -0.4 is 0 Å². The molecule has 16 heavy (non-hydrogen) atoms. The van der Waals surface area contributed by atoms with Crippen molar-refractivity contribution in [3.05, 3.63) is 11.9 Å². The van der Waals surface area contributed by atoms with E-state index in [0.29, 0.717) is 12.1 Å². The van der Waals surface area contributed by atoms with E-state index in [1.165, 1.54) is 11.8 Å². The summed E-state index contributed by atoms with van der Waals surface area (Å²) in [4.78, 5) is 11.5. The molecule has 6 nitrogen and oxygen atoms in total. The molecule has 1 heterocycles. The lowest BCUT2D eigenvalue weighted by Gasteiger charge is -2.20. The van der Waals surface area contributed by atoms with Crippen LogP contribution >= 0.6 is 0 Å². The minimum absolute atomic E-state index is 0.407. The molecule has 0 fully saturated rings. The van der Waals surface area contributed by atoms with Crippen LogP contribution in [0.4, 0.5) is 0 Å². The highest BCUT2D eigenvalue weighted by Crippen LogP contribution is 2.19. The fourth-order valence-corrected chi connectivity index (χ4v) is 1.26.